The Hall–Kier alpha value is -2.02. The molecule has 2 aliphatic rings. The first-order chi connectivity index (χ1) is 11.4. The van der Waals surface area contributed by atoms with Crippen molar-refractivity contribution in [1.82, 2.24) is 10.2 Å². The number of fused-ring (bicyclic) bond motifs is 1. The van der Waals surface area contributed by atoms with Gasteiger partial charge in [0.2, 0.25) is 11.8 Å². The lowest BCUT2D eigenvalue weighted by molar-refractivity contribution is -0.137. The standard InChI is InChI=1S/C17H20N2O4S/c1-17-8-6-14(20)19(17)13(10-24-17)15(21)18-9-7-11-2-4-12(5-3-11)16(22)23/h2-5,13H,6-10H2,1H3,(H,18,21)(H,22,23). The van der Waals surface area contributed by atoms with Gasteiger partial charge in [-0.3, -0.25) is 9.59 Å². The van der Waals surface area contributed by atoms with Gasteiger partial charge in [-0.2, -0.15) is 0 Å². The van der Waals surface area contributed by atoms with Crippen molar-refractivity contribution >= 4 is 29.5 Å². The normalized spacial score (nSPS) is 25.6. The average molecular weight is 348 g/mol. The number of hydrogen-bond donors (Lipinski definition) is 2. The third-order valence-corrected chi connectivity index (χ3v) is 6.17. The van der Waals surface area contributed by atoms with Gasteiger partial charge in [0.25, 0.3) is 0 Å². The highest BCUT2D eigenvalue weighted by atomic mass is 32.2. The van der Waals surface area contributed by atoms with Crippen LogP contribution in [0.25, 0.3) is 0 Å². The minimum atomic E-state index is -0.952. The number of nitrogens with zero attached hydrogens (tertiary/aromatic N) is 1. The Bertz CT molecular complexity index is 676. The number of carboxylic acids is 1. The van der Waals surface area contributed by atoms with Gasteiger partial charge in [0, 0.05) is 18.7 Å². The third-order valence-electron chi connectivity index (χ3n) is 4.66. The molecule has 1 aromatic carbocycles. The molecule has 1 aromatic rings. The molecule has 2 amide bonds. The van der Waals surface area contributed by atoms with Gasteiger partial charge in [-0.25, -0.2) is 4.79 Å². The fourth-order valence-electron chi connectivity index (χ4n) is 3.28. The molecule has 2 atom stereocenters. The average Bonchev–Trinajstić information content (AvgIpc) is 3.04. The molecule has 0 saturated carbocycles. The van der Waals surface area contributed by atoms with E-state index in [9.17, 15) is 14.4 Å². The Labute approximate surface area is 144 Å². The third kappa shape index (κ3) is 3.13. The zero-order valence-corrected chi connectivity index (χ0v) is 14.3. The van der Waals surface area contributed by atoms with Crippen LogP contribution in [0, 0.1) is 0 Å². The summed E-state index contributed by atoms with van der Waals surface area (Å²) in [4.78, 5) is 36.8. The molecule has 0 radical (unpaired) electrons. The van der Waals surface area contributed by atoms with Crippen LogP contribution in [0.1, 0.15) is 35.7 Å². The molecule has 7 heteroatoms. The molecular formula is C17H20N2O4S. The summed E-state index contributed by atoms with van der Waals surface area (Å²) in [5.74, 6) is -0.357. The SMILES string of the molecule is CC12CCC(=O)N1C(C(=O)NCCc1ccc(C(=O)O)cc1)CS2. The van der Waals surface area contributed by atoms with E-state index in [1.807, 2.05) is 6.92 Å². The van der Waals surface area contributed by atoms with E-state index in [1.54, 1.807) is 40.9 Å². The van der Waals surface area contributed by atoms with E-state index in [-0.39, 0.29) is 28.3 Å². The van der Waals surface area contributed by atoms with E-state index < -0.39 is 5.97 Å². The summed E-state index contributed by atoms with van der Waals surface area (Å²) in [5, 5.41) is 11.8. The number of aromatic carboxylic acids is 1. The van der Waals surface area contributed by atoms with Crippen LogP contribution in [-0.2, 0) is 16.0 Å². The van der Waals surface area contributed by atoms with Crippen LogP contribution in [0.3, 0.4) is 0 Å². The lowest BCUT2D eigenvalue weighted by atomic mass is 10.1. The number of rotatable bonds is 5. The van der Waals surface area contributed by atoms with Gasteiger partial charge in [-0.1, -0.05) is 12.1 Å². The molecule has 128 valence electrons. The van der Waals surface area contributed by atoms with E-state index in [2.05, 4.69) is 5.32 Å². The first-order valence-corrected chi connectivity index (χ1v) is 8.95. The van der Waals surface area contributed by atoms with Crippen molar-refractivity contribution in [3.05, 3.63) is 35.4 Å². The van der Waals surface area contributed by atoms with Gasteiger partial charge in [-0.05, 0) is 37.5 Å². The van der Waals surface area contributed by atoms with Crippen LogP contribution in [0.15, 0.2) is 24.3 Å². The number of amides is 2. The highest BCUT2D eigenvalue weighted by Crippen LogP contribution is 2.47. The molecule has 2 aliphatic heterocycles. The predicted molar refractivity (Wildman–Crippen MR) is 90.8 cm³/mol. The number of carbonyl (C=O) groups excluding carboxylic acids is 2. The molecule has 2 fully saturated rings. The summed E-state index contributed by atoms with van der Waals surface area (Å²) in [7, 11) is 0. The van der Waals surface area contributed by atoms with Crippen molar-refractivity contribution in [1.29, 1.82) is 0 Å². The summed E-state index contributed by atoms with van der Waals surface area (Å²) in [6, 6.07) is 6.23. The minimum Gasteiger partial charge on any atom is -0.478 e. The van der Waals surface area contributed by atoms with Crippen molar-refractivity contribution in [2.24, 2.45) is 0 Å². The molecule has 2 saturated heterocycles. The molecule has 3 rings (SSSR count). The number of thioether (sulfide) groups is 1. The maximum atomic E-state index is 12.4. The fourth-order valence-corrected chi connectivity index (χ4v) is 4.71. The molecule has 2 heterocycles. The van der Waals surface area contributed by atoms with Crippen LogP contribution in [0.5, 0.6) is 0 Å². The Morgan fingerprint density at radius 2 is 2.08 bits per heavy atom. The number of benzene rings is 1. The fraction of sp³-hybridized carbons (Fsp3) is 0.471. The van der Waals surface area contributed by atoms with E-state index in [1.165, 1.54) is 0 Å². The Kier molecular flexibility index (Phi) is 4.54. The van der Waals surface area contributed by atoms with E-state index >= 15 is 0 Å². The summed E-state index contributed by atoms with van der Waals surface area (Å²) in [6.45, 7) is 2.49. The molecule has 2 N–H and O–H groups in total. The van der Waals surface area contributed by atoms with Crippen molar-refractivity contribution in [2.75, 3.05) is 12.3 Å². The smallest absolute Gasteiger partial charge is 0.335 e. The Balaban J connectivity index is 1.53. The van der Waals surface area contributed by atoms with Crippen LogP contribution in [0.2, 0.25) is 0 Å². The van der Waals surface area contributed by atoms with Crippen LogP contribution < -0.4 is 5.32 Å². The Morgan fingerprint density at radius 3 is 2.75 bits per heavy atom. The van der Waals surface area contributed by atoms with Crippen molar-refractivity contribution in [3.63, 3.8) is 0 Å². The second-order valence-corrected chi connectivity index (χ2v) is 7.81. The van der Waals surface area contributed by atoms with Gasteiger partial charge in [-0.15, -0.1) is 11.8 Å². The van der Waals surface area contributed by atoms with Gasteiger partial charge in [0.05, 0.1) is 10.4 Å². The van der Waals surface area contributed by atoms with Gasteiger partial charge in [0.15, 0.2) is 0 Å². The molecule has 0 spiro atoms. The summed E-state index contributed by atoms with van der Waals surface area (Å²) >= 11 is 1.68. The van der Waals surface area contributed by atoms with Crippen LogP contribution >= 0.6 is 11.8 Å². The monoisotopic (exact) mass is 348 g/mol. The van der Waals surface area contributed by atoms with Gasteiger partial charge < -0.3 is 15.3 Å². The maximum absolute atomic E-state index is 12.4. The van der Waals surface area contributed by atoms with Crippen LogP contribution in [-0.4, -0.2) is 51.0 Å². The number of hydrogen-bond acceptors (Lipinski definition) is 4. The highest BCUT2D eigenvalue weighted by Gasteiger charge is 2.52. The molecule has 24 heavy (non-hydrogen) atoms. The molecule has 0 aliphatic carbocycles. The van der Waals surface area contributed by atoms with E-state index in [0.29, 0.717) is 25.1 Å². The number of carbonyl (C=O) groups is 3. The van der Waals surface area contributed by atoms with Gasteiger partial charge in [0.1, 0.15) is 6.04 Å². The molecule has 0 bridgehead atoms. The molecule has 2 unspecified atom stereocenters. The number of nitrogens with one attached hydrogen (secondary N) is 1. The topological polar surface area (TPSA) is 86.7 Å². The van der Waals surface area contributed by atoms with Crippen molar-refractivity contribution < 1.29 is 19.5 Å². The van der Waals surface area contributed by atoms with Crippen LogP contribution in [0.4, 0.5) is 0 Å². The number of carboxylic acid groups (broad SMARTS) is 1. The van der Waals surface area contributed by atoms with Gasteiger partial charge >= 0.3 is 5.97 Å². The van der Waals surface area contributed by atoms with Crippen molar-refractivity contribution in [3.8, 4) is 0 Å². The molecule has 6 nitrogen and oxygen atoms in total. The first-order valence-electron chi connectivity index (χ1n) is 7.97. The molecular weight excluding hydrogens is 328 g/mol. The lowest BCUT2D eigenvalue weighted by Gasteiger charge is -2.29. The second kappa shape index (κ2) is 6.47. The van der Waals surface area contributed by atoms with Crippen molar-refractivity contribution in [2.45, 2.75) is 37.1 Å². The highest BCUT2D eigenvalue weighted by molar-refractivity contribution is 8.01. The van der Waals surface area contributed by atoms with E-state index in [0.717, 1.165) is 12.0 Å². The quantitative estimate of drug-likeness (QED) is 0.842. The maximum Gasteiger partial charge on any atom is 0.335 e. The summed E-state index contributed by atoms with van der Waals surface area (Å²) in [5.41, 5.74) is 1.21. The largest absolute Gasteiger partial charge is 0.478 e. The van der Waals surface area contributed by atoms with E-state index in [4.69, 9.17) is 5.11 Å². The zero-order chi connectivity index (χ0) is 17.3. The lowest BCUT2D eigenvalue weighted by Crippen LogP contribution is -2.50. The second-order valence-electron chi connectivity index (χ2n) is 6.31. The summed E-state index contributed by atoms with van der Waals surface area (Å²) < 4.78 is 0. The zero-order valence-electron chi connectivity index (χ0n) is 13.4. The Morgan fingerprint density at radius 1 is 1.38 bits per heavy atom. The summed E-state index contributed by atoms with van der Waals surface area (Å²) in [6.07, 6.45) is 1.94. The first kappa shape index (κ1) is 16.8. The minimum absolute atomic E-state index is 0.0620. The molecule has 0 aromatic heterocycles. The predicted octanol–water partition coefficient (Wildman–Crippen LogP) is 1.50.